The molecule has 14 heavy (non-hydrogen) atoms. The van der Waals surface area contributed by atoms with Gasteiger partial charge in [0, 0.05) is 20.1 Å². The number of amides is 1. The third-order valence-electron chi connectivity index (χ3n) is 3.45. The third kappa shape index (κ3) is 1.26. The Kier molecular flexibility index (Phi) is 2.30. The Bertz CT molecular complexity index is 252. The fourth-order valence-electron chi connectivity index (χ4n) is 2.86. The average molecular weight is 196 g/mol. The molecule has 1 spiro atoms. The number of carbonyl (C=O) groups excluding carboxylic acids is 1. The van der Waals surface area contributed by atoms with E-state index in [1.807, 2.05) is 11.9 Å². The van der Waals surface area contributed by atoms with E-state index in [4.69, 9.17) is 0 Å². The topological polar surface area (TPSA) is 23.6 Å². The van der Waals surface area contributed by atoms with Gasteiger partial charge in [0.05, 0.1) is 0 Å². The minimum absolute atomic E-state index is 0.0843. The number of carbonyl (C=O) groups is 1. The molecule has 0 aromatic heterocycles. The molecule has 2 fully saturated rings. The van der Waals surface area contributed by atoms with E-state index in [9.17, 15) is 4.79 Å². The first-order valence-corrected chi connectivity index (χ1v) is 5.57. The molecule has 3 heteroatoms. The number of β-lactam (4-membered cyclic amide) rings is 1. The Morgan fingerprint density at radius 1 is 1.50 bits per heavy atom. The Morgan fingerprint density at radius 3 is 2.71 bits per heavy atom. The van der Waals surface area contributed by atoms with Gasteiger partial charge < -0.3 is 4.90 Å². The summed E-state index contributed by atoms with van der Waals surface area (Å²) in [6.45, 7) is 7.56. The summed E-state index contributed by atoms with van der Waals surface area (Å²) >= 11 is 0. The van der Waals surface area contributed by atoms with Crippen molar-refractivity contribution < 1.29 is 4.79 Å². The van der Waals surface area contributed by atoms with Crippen molar-refractivity contribution in [3.05, 3.63) is 0 Å². The fraction of sp³-hybridized carbons (Fsp3) is 0.909. The number of likely N-dealkylation sites (tertiary alicyclic amines) is 2. The highest BCUT2D eigenvalue weighted by Gasteiger charge is 2.56. The molecule has 0 radical (unpaired) electrons. The first-order chi connectivity index (χ1) is 6.56. The molecule has 2 aliphatic heterocycles. The smallest absolute Gasteiger partial charge is 0.244 e. The molecule has 2 heterocycles. The van der Waals surface area contributed by atoms with E-state index in [1.165, 1.54) is 6.42 Å². The molecule has 3 nitrogen and oxygen atoms in total. The first-order valence-electron chi connectivity index (χ1n) is 5.57. The van der Waals surface area contributed by atoms with Crippen LogP contribution in [0.15, 0.2) is 0 Å². The zero-order chi connectivity index (χ0) is 10.3. The number of likely N-dealkylation sites (N-methyl/N-ethyl adjacent to an activating group) is 1. The summed E-state index contributed by atoms with van der Waals surface area (Å²) in [5, 5.41) is 0. The van der Waals surface area contributed by atoms with Gasteiger partial charge in [-0.25, -0.2) is 0 Å². The average Bonchev–Trinajstić information content (AvgIpc) is 2.50. The summed E-state index contributed by atoms with van der Waals surface area (Å²) in [5.74, 6) is 0.999. The molecule has 0 N–H and O–H groups in total. The lowest BCUT2D eigenvalue weighted by molar-refractivity contribution is -0.159. The number of rotatable bonds is 2. The maximum Gasteiger partial charge on any atom is 0.244 e. The predicted octanol–water partition coefficient (Wildman–Crippen LogP) is 0.949. The van der Waals surface area contributed by atoms with Crippen LogP contribution in [0.2, 0.25) is 0 Å². The van der Waals surface area contributed by atoms with E-state index in [2.05, 4.69) is 18.7 Å². The van der Waals surface area contributed by atoms with Gasteiger partial charge in [0.15, 0.2) is 0 Å². The number of hydrogen-bond donors (Lipinski definition) is 0. The molecule has 0 aromatic rings. The molecule has 1 amide bonds. The van der Waals surface area contributed by atoms with Gasteiger partial charge in [0.1, 0.15) is 5.54 Å². The van der Waals surface area contributed by atoms with Gasteiger partial charge in [-0.05, 0) is 25.3 Å². The van der Waals surface area contributed by atoms with Crippen LogP contribution in [-0.4, -0.2) is 47.9 Å². The van der Waals surface area contributed by atoms with E-state index < -0.39 is 0 Å². The van der Waals surface area contributed by atoms with Crippen LogP contribution < -0.4 is 0 Å². The summed E-state index contributed by atoms with van der Waals surface area (Å²) in [7, 11) is 1.90. The van der Waals surface area contributed by atoms with Crippen molar-refractivity contribution in [3.8, 4) is 0 Å². The molecule has 2 rings (SSSR count). The molecule has 0 bridgehead atoms. The van der Waals surface area contributed by atoms with Crippen molar-refractivity contribution in [3.63, 3.8) is 0 Å². The maximum absolute atomic E-state index is 11.9. The lowest BCUT2D eigenvalue weighted by atomic mass is 9.86. The Balaban J connectivity index is 2.08. The second-order valence-corrected chi connectivity index (χ2v) is 5.14. The molecule has 0 unspecified atom stereocenters. The lowest BCUT2D eigenvalue weighted by Gasteiger charge is -2.50. The van der Waals surface area contributed by atoms with E-state index in [-0.39, 0.29) is 5.54 Å². The van der Waals surface area contributed by atoms with Crippen molar-refractivity contribution in [2.45, 2.75) is 32.2 Å². The Morgan fingerprint density at radius 2 is 2.21 bits per heavy atom. The molecule has 0 aromatic carbocycles. The van der Waals surface area contributed by atoms with Crippen LogP contribution >= 0.6 is 0 Å². The van der Waals surface area contributed by atoms with Gasteiger partial charge in [0.25, 0.3) is 0 Å². The molecule has 0 aliphatic carbocycles. The zero-order valence-electron chi connectivity index (χ0n) is 9.42. The summed E-state index contributed by atoms with van der Waals surface area (Å²) in [4.78, 5) is 16.1. The lowest BCUT2D eigenvalue weighted by Crippen LogP contribution is -2.71. The van der Waals surface area contributed by atoms with Crippen LogP contribution in [0, 0.1) is 5.92 Å². The highest BCUT2D eigenvalue weighted by Crippen LogP contribution is 2.38. The van der Waals surface area contributed by atoms with Crippen molar-refractivity contribution >= 4 is 5.91 Å². The fourth-order valence-corrected chi connectivity index (χ4v) is 2.86. The van der Waals surface area contributed by atoms with Crippen LogP contribution in [0.4, 0.5) is 0 Å². The van der Waals surface area contributed by atoms with E-state index in [0.29, 0.717) is 11.8 Å². The second kappa shape index (κ2) is 3.23. The summed E-state index contributed by atoms with van der Waals surface area (Å²) in [6, 6.07) is 0. The molecule has 2 saturated heterocycles. The van der Waals surface area contributed by atoms with Gasteiger partial charge >= 0.3 is 0 Å². The first kappa shape index (κ1) is 9.97. The Labute approximate surface area is 86.1 Å². The van der Waals surface area contributed by atoms with E-state index >= 15 is 0 Å². The summed E-state index contributed by atoms with van der Waals surface area (Å²) < 4.78 is 0. The van der Waals surface area contributed by atoms with Gasteiger partial charge in [-0.2, -0.15) is 0 Å². The van der Waals surface area contributed by atoms with Crippen LogP contribution in [0.25, 0.3) is 0 Å². The SMILES string of the molecule is CC(C)CN1CCC[C@@]12CN(C)C2=O. The normalized spacial score (nSPS) is 33.1. The molecular weight excluding hydrogens is 176 g/mol. The quantitative estimate of drug-likeness (QED) is 0.614. The van der Waals surface area contributed by atoms with E-state index in [0.717, 1.165) is 26.1 Å². The van der Waals surface area contributed by atoms with Crippen molar-refractivity contribution in [1.82, 2.24) is 9.80 Å². The molecule has 1 atom stereocenters. The predicted molar refractivity (Wildman–Crippen MR) is 56.0 cm³/mol. The van der Waals surface area contributed by atoms with Crippen molar-refractivity contribution in [1.29, 1.82) is 0 Å². The molecule has 2 aliphatic rings. The summed E-state index contributed by atoms with van der Waals surface area (Å²) in [5.41, 5.74) is -0.0843. The standard InChI is InChI=1S/C11H20N2O/c1-9(2)7-13-6-4-5-11(13)8-12(3)10(11)14/h9H,4-8H2,1-3H3/t11-/m0/s1. The summed E-state index contributed by atoms with van der Waals surface area (Å²) in [6.07, 6.45) is 2.26. The van der Waals surface area contributed by atoms with Crippen LogP contribution in [0.3, 0.4) is 0 Å². The highest BCUT2D eigenvalue weighted by atomic mass is 16.2. The van der Waals surface area contributed by atoms with Crippen LogP contribution in [-0.2, 0) is 4.79 Å². The minimum atomic E-state index is -0.0843. The highest BCUT2D eigenvalue weighted by molar-refractivity contribution is 5.92. The largest absolute Gasteiger partial charge is 0.342 e. The minimum Gasteiger partial charge on any atom is -0.342 e. The Hall–Kier alpha value is -0.570. The number of hydrogen-bond acceptors (Lipinski definition) is 2. The van der Waals surface area contributed by atoms with Crippen molar-refractivity contribution in [2.75, 3.05) is 26.7 Å². The third-order valence-corrected chi connectivity index (χ3v) is 3.45. The molecule has 80 valence electrons. The van der Waals surface area contributed by atoms with Gasteiger partial charge in [0.2, 0.25) is 5.91 Å². The van der Waals surface area contributed by atoms with Gasteiger partial charge in [-0.15, -0.1) is 0 Å². The monoisotopic (exact) mass is 196 g/mol. The van der Waals surface area contributed by atoms with Gasteiger partial charge in [-0.3, -0.25) is 9.69 Å². The van der Waals surface area contributed by atoms with E-state index in [1.54, 1.807) is 0 Å². The number of nitrogens with zero attached hydrogens (tertiary/aromatic N) is 2. The zero-order valence-corrected chi connectivity index (χ0v) is 9.42. The maximum atomic E-state index is 11.9. The van der Waals surface area contributed by atoms with Crippen LogP contribution in [0.5, 0.6) is 0 Å². The molecule has 0 saturated carbocycles. The molecular formula is C11H20N2O. The van der Waals surface area contributed by atoms with Gasteiger partial charge in [-0.1, -0.05) is 13.8 Å². The van der Waals surface area contributed by atoms with Crippen molar-refractivity contribution in [2.24, 2.45) is 5.92 Å². The second-order valence-electron chi connectivity index (χ2n) is 5.14. The van der Waals surface area contributed by atoms with Crippen LogP contribution in [0.1, 0.15) is 26.7 Å².